The molecule has 1 saturated heterocycles. The zero-order chi connectivity index (χ0) is 11.1. The Balaban J connectivity index is 2.29. The van der Waals surface area contributed by atoms with Gasteiger partial charge in [0.25, 0.3) is 0 Å². The van der Waals surface area contributed by atoms with Crippen LogP contribution in [0.15, 0.2) is 0 Å². The molecule has 0 amide bonds. The lowest BCUT2D eigenvalue weighted by Gasteiger charge is -2.34. The number of hydrogen-bond acceptors (Lipinski definition) is 3. The Morgan fingerprint density at radius 2 is 2.13 bits per heavy atom. The van der Waals surface area contributed by atoms with Gasteiger partial charge in [0, 0.05) is 13.5 Å². The molecule has 3 unspecified atom stereocenters. The molecule has 15 heavy (non-hydrogen) atoms. The van der Waals surface area contributed by atoms with E-state index in [4.69, 9.17) is 15.2 Å². The third kappa shape index (κ3) is 4.49. The summed E-state index contributed by atoms with van der Waals surface area (Å²) in [5, 5.41) is 0. The molecule has 1 aliphatic rings. The van der Waals surface area contributed by atoms with E-state index in [-0.39, 0.29) is 6.29 Å². The summed E-state index contributed by atoms with van der Waals surface area (Å²) < 4.78 is 11.2. The van der Waals surface area contributed by atoms with Crippen LogP contribution in [0.4, 0.5) is 0 Å². The van der Waals surface area contributed by atoms with Crippen LogP contribution in [0.25, 0.3) is 0 Å². The zero-order valence-corrected chi connectivity index (χ0v) is 10.1. The number of hydrogen-bond donors (Lipinski definition) is 1. The first-order valence-corrected chi connectivity index (χ1v) is 6.18. The Bertz CT molecular complexity index is 152. The molecule has 0 aliphatic carbocycles. The maximum Gasteiger partial charge on any atom is 0.157 e. The van der Waals surface area contributed by atoms with E-state index < -0.39 is 0 Å². The van der Waals surface area contributed by atoms with Crippen LogP contribution in [0.2, 0.25) is 0 Å². The second-order valence-corrected chi connectivity index (χ2v) is 4.45. The molecule has 0 aromatic carbocycles. The van der Waals surface area contributed by atoms with Gasteiger partial charge in [0.1, 0.15) is 0 Å². The van der Waals surface area contributed by atoms with E-state index in [1.807, 2.05) is 0 Å². The van der Waals surface area contributed by atoms with Crippen LogP contribution in [0, 0.1) is 5.92 Å². The van der Waals surface area contributed by atoms with Gasteiger partial charge in [-0.25, -0.2) is 0 Å². The monoisotopic (exact) mass is 215 g/mol. The molecule has 0 bridgehead atoms. The van der Waals surface area contributed by atoms with Crippen LogP contribution in [0.3, 0.4) is 0 Å². The van der Waals surface area contributed by atoms with Crippen molar-refractivity contribution in [3.8, 4) is 0 Å². The highest BCUT2D eigenvalue weighted by atomic mass is 16.7. The summed E-state index contributed by atoms with van der Waals surface area (Å²) in [5.41, 5.74) is 5.49. The molecule has 0 spiro atoms. The van der Waals surface area contributed by atoms with Gasteiger partial charge in [-0.3, -0.25) is 0 Å². The van der Waals surface area contributed by atoms with Crippen LogP contribution in [-0.2, 0) is 9.47 Å². The first-order valence-electron chi connectivity index (χ1n) is 6.18. The fraction of sp³-hybridized carbons (Fsp3) is 1.00. The Kier molecular flexibility index (Phi) is 6.22. The van der Waals surface area contributed by atoms with Gasteiger partial charge < -0.3 is 15.2 Å². The molecule has 0 radical (unpaired) electrons. The predicted octanol–water partition coefficient (Wildman–Crippen LogP) is 2.29. The van der Waals surface area contributed by atoms with Crippen molar-refractivity contribution in [2.45, 2.75) is 57.8 Å². The van der Waals surface area contributed by atoms with E-state index in [9.17, 15) is 0 Å². The topological polar surface area (TPSA) is 44.5 Å². The number of methoxy groups -OCH3 is 1. The van der Waals surface area contributed by atoms with Crippen LogP contribution in [-0.4, -0.2) is 26.0 Å². The molecule has 0 aromatic rings. The van der Waals surface area contributed by atoms with Gasteiger partial charge in [-0.15, -0.1) is 0 Å². The minimum Gasteiger partial charge on any atom is -0.356 e. The van der Waals surface area contributed by atoms with E-state index in [2.05, 4.69) is 6.92 Å². The normalized spacial score (nSPS) is 31.8. The largest absolute Gasteiger partial charge is 0.356 e. The van der Waals surface area contributed by atoms with Crippen molar-refractivity contribution in [3.63, 3.8) is 0 Å². The molecular weight excluding hydrogens is 190 g/mol. The Labute approximate surface area is 93.3 Å². The number of unbranched alkanes of at least 4 members (excludes halogenated alkanes) is 1. The zero-order valence-electron chi connectivity index (χ0n) is 10.1. The lowest BCUT2D eigenvalue weighted by molar-refractivity contribution is -0.194. The second-order valence-electron chi connectivity index (χ2n) is 4.45. The maximum atomic E-state index is 5.85. The van der Waals surface area contributed by atoms with Gasteiger partial charge >= 0.3 is 0 Å². The number of ether oxygens (including phenoxy) is 2. The minimum atomic E-state index is 0.0200. The highest BCUT2D eigenvalue weighted by Crippen LogP contribution is 2.29. The van der Waals surface area contributed by atoms with Crippen LogP contribution in [0.5, 0.6) is 0 Å². The Morgan fingerprint density at radius 3 is 2.73 bits per heavy atom. The lowest BCUT2D eigenvalue weighted by Crippen LogP contribution is -2.33. The molecule has 3 atom stereocenters. The highest BCUT2D eigenvalue weighted by Gasteiger charge is 2.27. The maximum absolute atomic E-state index is 5.85. The van der Waals surface area contributed by atoms with E-state index in [0.717, 1.165) is 31.7 Å². The predicted molar refractivity (Wildman–Crippen MR) is 61.6 cm³/mol. The van der Waals surface area contributed by atoms with Gasteiger partial charge in [0.05, 0.1) is 6.10 Å². The number of nitrogens with two attached hydrogens (primary N) is 1. The van der Waals surface area contributed by atoms with Gasteiger partial charge in [0.15, 0.2) is 6.29 Å². The molecule has 0 saturated carbocycles. The fourth-order valence-corrected chi connectivity index (χ4v) is 2.25. The molecule has 1 aliphatic heterocycles. The highest BCUT2D eigenvalue weighted by molar-refractivity contribution is 4.73. The summed E-state index contributed by atoms with van der Waals surface area (Å²) in [6.07, 6.45) is 7.31. The van der Waals surface area contributed by atoms with Crippen molar-refractivity contribution in [2.24, 2.45) is 11.7 Å². The van der Waals surface area contributed by atoms with E-state index in [1.165, 1.54) is 19.3 Å². The summed E-state index contributed by atoms with van der Waals surface area (Å²) in [4.78, 5) is 0. The molecule has 3 nitrogen and oxygen atoms in total. The molecule has 0 aromatic heterocycles. The van der Waals surface area contributed by atoms with Crippen LogP contribution < -0.4 is 5.73 Å². The average molecular weight is 215 g/mol. The molecule has 3 heteroatoms. The second kappa shape index (κ2) is 7.20. The summed E-state index contributed by atoms with van der Waals surface area (Å²) in [7, 11) is 1.74. The van der Waals surface area contributed by atoms with Gasteiger partial charge in [-0.1, -0.05) is 13.3 Å². The van der Waals surface area contributed by atoms with E-state index in [0.29, 0.717) is 6.10 Å². The lowest BCUT2D eigenvalue weighted by atomic mass is 9.90. The van der Waals surface area contributed by atoms with Crippen LogP contribution >= 0.6 is 0 Å². The van der Waals surface area contributed by atoms with Gasteiger partial charge in [-0.2, -0.15) is 0 Å². The molecule has 90 valence electrons. The molecule has 1 rings (SSSR count). The smallest absolute Gasteiger partial charge is 0.157 e. The Hall–Kier alpha value is -0.120. The first kappa shape index (κ1) is 12.9. The van der Waals surface area contributed by atoms with Crippen molar-refractivity contribution >= 4 is 0 Å². The third-order valence-electron chi connectivity index (χ3n) is 3.29. The molecular formula is C12H25NO2. The quantitative estimate of drug-likeness (QED) is 0.691. The van der Waals surface area contributed by atoms with Gasteiger partial charge in [0.2, 0.25) is 0 Å². The molecule has 1 fully saturated rings. The SMILES string of the molecule is CCC1CC(CCCCN)OC(OC)C1. The average Bonchev–Trinajstić information content (AvgIpc) is 2.29. The van der Waals surface area contributed by atoms with Crippen LogP contribution in [0.1, 0.15) is 45.4 Å². The van der Waals surface area contributed by atoms with Gasteiger partial charge in [-0.05, 0) is 38.1 Å². The van der Waals surface area contributed by atoms with Crippen molar-refractivity contribution in [1.82, 2.24) is 0 Å². The standard InChI is InChI=1S/C12H25NO2/c1-3-10-8-11(6-4-5-7-13)15-12(9-10)14-2/h10-12H,3-9,13H2,1-2H3. The number of rotatable bonds is 6. The Morgan fingerprint density at radius 1 is 1.33 bits per heavy atom. The summed E-state index contributed by atoms with van der Waals surface area (Å²) in [6, 6.07) is 0. The van der Waals surface area contributed by atoms with Crippen molar-refractivity contribution in [3.05, 3.63) is 0 Å². The summed E-state index contributed by atoms with van der Waals surface area (Å²) >= 11 is 0. The van der Waals surface area contributed by atoms with Crippen molar-refractivity contribution < 1.29 is 9.47 Å². The molecule has 1 heterocycles. The van der Waals surface area contributed by atoms with E-state index >= 15 is 0 Å². The summed E-state index contributed by atoms with van der Waals surface area (Å²) in [6.45, 7) is 3.04. The van der Waals surface area contributed by atoms with E-state index in [1.54, 1.807) is 7.11 Å². The van der Waals surface area contributed by atoms with Crippen molar-refractivity contribution in [2.75, 3.05) is 13.7 Å². The van der Waals surface area contributed by atoms with Crippen molar-refractivity contribution in [1.29, 1.82) is 0 Å². The fourth-order valence-electron chi connectivity index (χ4n) is 2.25. The third-order valence-corrected chi connectivity index (χ3v) is 3.29. The molecule has 2 N–H and O–H groups in total. The summed E-state index contributed by atoms with van der Waals surface area (Å²) in [5.74, 6) is 0.770. The first-order chi connectivity index (χ1) is 7.30. The minimum absolute atomic E-state index is 0.0200.